The van der Waals surface area contributed by atoms with E-state index in [1.54, 1.807) is 0 Å². The molecule has 0 aliphatic rings. The second kappa shape index (κ2) is 5.35. The van der Waals surface area contributed by atoms with Crippen molar-refractivity contribution in [2.24, 2.45) is 5.73 Å². The molecular formula is C16H25N3. The first-order valence-corrected chi connectivity index (χ1v) is 6.90. The summed E-state index contributed by atoms with van der Waals surface area (Å²) in [6.07, 6.45) is 1.06. The summed E-state index contributed by atoms with van der Waals surface area (Å²) in [5, 5.41) is 1.35. The van der Waals surface area contributed by atoms with Crippen LogP contribution in [-0.4, -0.2) is 35.6 Å². The Morgan fingerprint density at radius 1 is 1.26 bits per heavy atom. The summed E-state index contributed by atoms with van der Waals surface area (Å²) in [5.74, 6) is 0. The van der Waals surface area contributed by atoms with Crippen LogP contribution in [0.4, 0.5) is 0 Å². The molecule has 1 heterocycles. The molecule has 0 atom stereocenters. The molecule has 0 saturated heterocycles. The van der Waals surface area contributed by atoms with Gasteiger partial charge in [-0.15, -0.1) is 0 Å². The zero-order valence-corrected chi connectivity index (χ0v) is 12.5. The van der Waals surface area contributed by atoms with Crippen molar-refractivity contribution in [3.8, 4) is 0 Å². The fraction of sp³-hybridized carbons (Fsp3) is 0.500. The summed E-state index contributed by atoms with van der Waals surface area (Å²) in [6.45, 7) is 8.24. The molecule has 2 aromatic rings. The standard InChI is InChI=1S/C16H25N3/c1-12-13(9-10-19(4)11-16(2,3)17)14-7-5-6-8-15(14)18-12/h5-8,18H,9-11,17H2,1-4H3. The fourth-order valence-electron chi connectivity index (χ4n) is 2.73. The van der Waals surface area contributed by atoms with E-state index in [1.165, 1.54) is 22.2 Å². The monoisotopic (exact) mass is 259 g/mol. The van der Waals surface area contributed by atoms with Gasteiger partial charge in [-0.3, -0.25) is 0 Å². The SMILES string of the molecule is Cc1[nH]c2ccccc2c1CCN(C)CC(C)(C)N. The average molecular weight is 259 g/mol. The molecule has 19 heavy (non-hydrogen) atoms. The van der Waals surface area contributed by atoms with Gasteiger partial charge < -0.3 is 15.6 Å². The molecule has 2 rings (SSSR count). The maximum Gasteiger partial charge on any atom is 0.0458 e. The Hall–Kier alpha value is -1.32. The predicted octanol–water partition coefficient (Wildman–Crippen LogP) is 2.69. The van der Waals surface area contributed by atoms with E-state index in [2.05, 4.69) is 62.0 Å². The van der Waals surface area contributed by atoms with E-state index in [1.807, 2.05) is 0 Å². The normalized spacial score (nSPS) is 12.5. The minimum atomic E-state index is -0.135. The highest BCUT2D eigenvalue weighted by molar-refractivity contribution is 5.84. The van der Waals surface area contributed by atoms with E-state index in [4.69, 9.17) is 5.73 Å². The molecule has 0 radical (unpaired) electrons. The van der Waals surface area contributed by atoms with Crippen molar-refractivity contribution < 1.29 is 0 Å². The number of para-hydroxylation sites is 1. The van der Waals surface area contributed by atoms with Gasteiger partial charge in [0.1, 0.15) is 0 Å². The van der Waals surface area contributed by atoms with Crippen molar-refractivity contribution >= 4 is 10.9 Å². The number of hydrogen-bond donors (Lipinski definition) is 2. The van der Waals surface area contributed by atoms with Crippen molar-refractivity contribution in [3.63, 3.8) is 0 Å². The van der Waals surface area contributed by atoms with Gasteiger partial charge in [0, 0.05) is 35.2 Å². The highest BCUT2D eigenvalue weighted by atomic mass is 15.1. The molecule has 0 spiro atoms. The first-order chi connectivity index (χ1) is 8.87. The summed E-state index contributed by atoms with van der Waals surface area (Å²) < 4.78 is 0. The average Bonchev–Trinajstić information content (AvgIpc) is 2.60. The number of nitrogens with zero attached hydrogens (tertiary/aromatic N) is 1. The molecule has 0 amide bonds. The van der Waals surface area contributed by atoms with Crippen LogP contribution in [0.15, 0.2) is 24.3 Å². The predicted molar refractivity (Wildman–Crippen MR) is 82.5 cm³/mol. The number of nitrogens with two attached hydrogens (primary N) is 1. The van der Waals surface area contributed by atoms with Gasteiger partial charge in [0.05, 0.1) is 0 Å². The second-order valence-electron chi connectivity index (χ2n) is 6.25. The quantitative estimate of drug-likeness (QED) is 0.867. The summed E-state index contributed by atoms with van der Waals surface area (Å²) in [5.41, 5.74) is 9.86. The molecular weight excluding hydrogens is 234 g/mol. The van der Waals surface area contributed by atoms with Crippen molar-refractivity contribution in [2.45, 2.75) is 32.7 Å². The number of nitrogens with one attached hydrogen (secondary N) is 1. The van der Waals surface area contributed by atoms with Crippen molar-refractivity contribution in [2.75, 3.05) is 20.1 Å². The highest BCUT2D eigenvalue weighted by Gasteiger charge is 2.15. The summed E-state index contributed by atoms with van der Waals surface area (Å²) >= 11 is 0. The van der Waals surface area contributed by atoms with Gasteiger partial charge >= 0.3 is 0 Å². The number of aromatic amines is 1. The fourth-order valence-corrected chi connectivity index (χ4v) is 2.73. The molecule has 0 fully saturated rings. The number of fused-ring (bicyclic) bond motifs is 1. The summed E-state index contributed by atoms with van der Waals surface area (Å²) in [7, 11) is 2.14. The third-order valence-electron chi connectivity index (χ3n) is 3.45. The number of H-pyrrole nitrogens is 1. The number of aromatic nitrogens is 1. The van der Waals surface area contributed by atoms with Crippen LogP contribution in [0.5, 0.6) is 0 Å². The Labute approximate surface area is 115 Å². The molecule has 1 aromatic carbocycles. The maximum absolute atomic E-state index is 6.06. The Morgan fingerprint density at radius 3 is 2.63 bits per heavy atom. The largest absolute Gasteiger partial charge is 0.358 e. The first kappa shape index (κ1) is 14.1. The molecule has 3 nitrogen and oxygen atoms in total. The van der Waals surface area contributed by atoms with E-state index < -0.39 is 0 Å². The van der Waals surface area contributed by atoms with Crippen LogP contribution >= 0.6 is 0 Å². The molecule has 0 aliphatic heterocycles. The Kier molecular flexibility index (Phi) is 3.97. The van der Waals surface area contributed by atoms with Crippen molar-refractivity contribution in [1.82, 2.24) is 9.88 Å². The summed E-state index contributed by atoms with van der Waals surface area (Å²) in [4.78, 5) is 5.76. The number of benzene rings is 1. The van der Waals surface area contributed by atoms with E-state index in [9.17, 15) is 0 Å². The van der Waals surface area contributed by atoms with E-state index in [0.29, 0.717) is 0 Å². The van der Waals surface area contributed by atoms with Crippen LogP contribution in [0.25, 0.3) is 10.9 Å². The van der Waals surface area contributed by atoms with Gasteiger partial charge in [-0.2, -0.15) is 0 Å². The molecule has 0 unspecified atom stereocenters. The van der Waals surface area contributed by atoms with Crippen molar-refractivity contribution in [3.05, 3.63) is 35.5 Å². The van der Waals surface area contributed by atoms with Crippen LogP contribution in [0.2, 0.25) is 0 Å². The summed E-state index contributed by atoms with van der Waals surface area (Å²) in [6, 6.07) is 8.51. The lowest BCUT2D eigenvalue weighted by atomic mass is 10.1. The second-order valence-corrected chi connectivity index (χ2v) is 6.25. The van der Waals surface area contributed by atoms with E-state index in [-0.39, 0.29) is 5.54 Å². The van der Waals surface area contributed by atoms with Crippen LogP contribution in [0, 0.1) is 6.92 Å². The van der Waals surface area contributed by atoms with Gasteiger partial charge in [0.15, 0.2) is 0 Å². The van der Waals surface area contributed by atoms with E-state index in [0.717, 1.165) is 19.5 Å². The number of hydrogen-bond acceptors (Lipinski definition) is 2. The van der Waals surface area contributed by atoms with Gasteiger partial charge in [0.2, 0.25) is 0 Å². The zero-order valence-electron chi connectivity index (χ0n) is 12.5. The Morgan fingerprint density at radius 2 is 1.95 bits per heavy atom. The molecule has 104 valence electrons. The minimum absolute atomic E-state index is 0.135. The number of likely N-dealkylation sites (N-methyl/N-ethyl adjacent to an activating group) is 1. The smallest absolute Gasteiger partial charge is 0.0458 e. The molecule has 3 N–H and O–H groups in total. The number of rotatable bonds is 5. The van der Waals surface area contributed by atoms with E-state index >= 15 is 0 Å². The molecule has 0 saturated carbocycles. The van der Waals surface area contributed by atoms with Crippen LogP contribution in [-0.2, 0) is 6.42 Å². The molecule has 0 aliphatic carbocycles. The first-order valence-electron chi connectivity index (χ1n) is 6.90. The maximum atomic E-state index is 6.06. The van der Waals surface area contributed by atoms with Crippen molar-refractivity contribution in [1.29, 1.82) is 0 Å². The molecule has 0 bridgehead atoms. The zero-order chi connectivity index (χ0) is 14.0. The lowest BCUT2D eigenvalue weighted by Crippen LogP contribution is -2.44. The Balaban J connectivity index is 2.08. The van der Waals surface area contributed by atoms with Gasteiger partial charge in [-0.25, -0.2) is 0 Å². The van der Waals surface area contributed by atoms with Crippen LogP contribution < -0.4 is 5.73 Å². The minimum Gasteiger partial charge on any atom is -0.358 e. The van der Waals surface area contributed by atoms with Crippen LogP contribution in [0.1, 0.15) is 25.1 Å². The molecule has 1 aromatic heterocycles. The van der Waals surface area contributed by atoms with Crippen LogP contribution in [0.3, 0.4) is 0 Å². The highest BCUT2D eigenvalue weighted by Crippen LogP contribution is 2.22. The molecule has 3 heteroatoms. The lowest BCUT2D eigenvalue weighted by Gasteiger charge is -2.26. The van der Waals surface area contributed by atoms with Gasteiger partial charge in [0.25, 0.3) is 0 Å². The Bertz CT molecular complexity index is 549. The third kappa shape index (κ3) is 3.58. The number of aryl methyl sites for hydroxylation is 1. The van der Waals surface area contributed by atoms with Gasteiger partial charge in [-0.05, 0) is 45.9 Å². The lowest BCUT2D eigenvalue weighted by molar-refractivity contribution is 0.273. The van der Waals surface area contributed by atoms with Gasteiger partial charge in [-0.1, -0.05) is 18.2 Å². The topological polar surface area (TPSA) is 45.0 Å². The third-order valence-corrected chi connectivity index (χ3v) is 3.45.